The third-order valence-electron chi connectivity index (χ3n) is 2.86. The Kier molecular flexibility index (Phi) is 2.96. The second-order valence-electron chi connectivity index (χ2n) is 4.08. The Hall–Kier alpha value is -2.09. The first-order chi connectivity index (χ1) is 8.20. The van der Waals surface area contributed by atoms with E-state index in [1.165, 1.54) is 0 Å². The molecular weight excluding hydrogens is 218 g/mol. The largest absolute Gasteiger partial charge is 0.481 e. The van der Waals surface area contributed by atoms with Crippen LogP contribution in [-0.2, 0) is 11.3 Å². The molecule has 0 bridgehead atoms. The summed E-state index contributed by atoms with van der Waals surface area (Å²) in [7, 11) is 1.54. The van der Waals surface area contributed by atoms with E-state index in [2.05, 4.69) is 16.4 Å². The van der Waals surface area contributed by atoms with Crippen LogP contribution in [0.15, 0.2) is 18.3 Å². The highest BCUT2D eigenvalue weighted by atomic mass is 16.5. The van der Waals surface area contributed by atoms with Gasteiger partial charge in [-0.05, 0) is 24.5 Å². The summed E-state index contributed by atoms with van der Waals surface area (Å²) in [5.41, 5.74) is 0.135. The summed E-state index contributed by atoms with van der Waals surface area (Å²) >= 11 is 0. The molecule has 2 rings (SSSR count). The van der Waals surface area contributed by atoms with Crippen molar-refractivity contribution in [3.8, 4) is 11.9 Å². The van der Waals surface area contributed by atoms with E-state index in [1.807, 2.05) is 0 Å². The molecule has 1 aromatic rings. The fourth-order valence-electron chi connectivity index (χ4n) is 1.54. The Morgan fingerprint density at radius 3 is 3.06 bits per heavy atom. The van der Waals surface area contributed by atoms with Crippen molar-refractivity contribution >= 4 is 5.91 Å². The van der Waals surface area contributed by atoms with E-state index in [9.17, 15) is 4.79 Å². The molecule has 0 spiro atoms. The molecule has 1 fully saturated rings. The first-order valence-corrected chi connectivity index (χ1v) is 5.39. The van der Waals surface area contributed by atoms with Gasteiger partial charge < -0.3 is 10.1 Å². The third kappa shape index (κ3) is 2.36. The van der Waals surface area contributed by atoms with Crippen LogP contribution in [0.4, 0.5) is 0 Å². The second-order valence-corrected chi connectivity index (χ2v) is 4.08. The fraction of sp³-hybridized carbons (Fsp3) is 0.417. The maximum Gasteiger partial charge on any atom is 0.240 e. The molecule has 1 amide bonds. The average molecular weight is 231 g/mol. The highest BCUT2D eigenvalue weighted by molar-refractivity contribution is 5.88. The second kappa shape index (κ2) is 4.42. The normalized spacial score (nSPS) is 15.8. The Morgan fingerprint density at radius 2 is 2.47 bits per heavy atom. The molecule has 1 N–H and O–H groups in total. The number of nitriles is 1. The topological polar surface area (TPSA) is 75.0 Å². The van der Waals surface area contributed by atoms with E-state index in [0.717, 1.165) is 5.56 Å². The van der Waals surface area contributed by atoms with Crippen LogP contribution in [-0.4, -0.2) is 18.0 Å². The highest BCUT2D eigenvalue weighted by Gasteiger charge is 2.50. The van der Waals surface area contributed by atoms with Crippen molar-refractivity contribution in [2.24, 2.45) is 5.41 Å². The molecular formula is C12H13N3O2. The van der Waals surface area contributed by atoms with Crippen molar-refractivity contribution in [1.82, 2.24) is 10.3 Å². The quantitative estimate of drug-likeness (QED) is 0.839. The first-order valence-electron chi connectivity index (χ1n) is 5.39. The van der Waals surface area contributed by atoms with Gasteiger partial charge in [-0.2, -0.15) is 5.26 Å². The van der Waals surface area contributed by atoms with Crippen LogP contribution in [0.3, 0.4) is 0 Å². The van der Waals surface area contributed by atoms with Gasteiger partial charge in [0.15, 0.2) is 0 Å². The zero-order chi connectivity index (χ0) is 12.3. The number of aromatic nitrogens is 1. The SMILES string of the molecule is COc1cc(CNC(=O)C2(C#N)CC2)ccn1. The lowest BCUT2D eigenvalue weighted by atomic mass is 10.1. The molecule has 0 atom stereocenters. The molecule has 0 radical (unpaired) electrons. The van der Waals surface area contributed by atoms with Crippen LogP contribution >= 0.6 is 0 Å². The molecule has 0 unspecified atom stereocenters. The average Bonchev–Trinajstić information content (AvgIpc) is 3.17. The van der Waals surface area contributed by atoms with E-state index in [1.54, 1.807) is 25.4 Å². The van der Waals surface area contributed by atoms with Gasteiger partial charge in [-0.15, -0.1) is 0 Å². The monoisotopic (exact) mass is 231 g/mol. The van der Waals surface area contributed by atoms with E-state index >= 15 is 0 Å². The summed E-state index contributed by atoms with van der Waals surface area (Å²) in [4.78, 5) is 15.7. The number of rotatable bonds is 4. The minimum atomic E-state index is -0.767. The standard InChI is InChI=1S/C12H13N3O2/c1-17-10-6-9(2-5-14-10)7-15-11(16)12(8-13)3-4-12/h2,5-6H,3-4,7H2,1H3,(H,15,16). The maximum absolute atomic E-state index is 11.7. The predicted molar refractivity (Wildman–Crippen MR) is 59.9 cm³/mol. The number of amides is 1. The number of pyridine rings is 1. The molecule has 88 valence electrons. The summed E-state index contributed by atoms with van der Waals surface area (Å²) in [5.74, 6) is 0.328. The predicted octanol–water partition coefficient (Wildman–Crippen LogP) is 1.01. The molecule has 17 heavy (non-hydrogen) atoms. The lowest BCUT2D eigenvalue weighted by molar-refractivity contribution is -0.124. The van der Waals surface area contributed by atoms with Crippen molar-refractivity contribution in [2.75, 3.05) is 7.11 Å². The van der Waals surface area contributed by atoms with Gasteiger partial charge in [0.25, 0.3) is 0 Å². The molecule has 1 aliphatic rings. The van der Waals surface area contributed by atoms with Gasteiger partial charge in [-0.3, -0.25) is 4.79 Å². The van der Waals surface area contributed by atoms with Crippen molar-refractivity contribution in [2.45, 2.75) is 19.4 Å². The van der Waals surface area contributed by atoms with Crippen molar-refractivity contribution < 1.29 is 9.53 Å². The number of carbonyl (C=O) groups excluding carboxylic acids is 1. The van der Waals surface area contributed by atoms with Crippen LogP contribution in [0.25, 0.3) is 0 Å². The Labute approximate surface area is 99.4 Å². The minimum absolute atomic E-state index is 0.184. The number of carbonyl (C=O) groups is 1. The van der Waals surface area contributed by atoms with Gasteiger partial charge in [-0.1, -0.05) is 0 Å². The van der Waals surface area contributed by atoms with E-state index in [0.29, 0.717) is 25.3 Å². The van der Waals surface area contributed by atoms with Crippen LogP contribution in [0.5, 0.6) is 5.88 Å². The fourth-order valence-corrected chi connectivity index (χ4v) is 1.54. The van der Waals surface area contributed by atoms with Gasteiger partial charge in [0, 0.05) is 18.8 Å². The van der Waals surface area contributed by atoms with Gasteiger partial charge in [-0.25, -0.2) is 4.98 Å². The van der Waals surface area contributed by atoms with Crippen molar-refractivity contribution in [3.63, 3.8) is 0 Å². The Bertz CT molecular complexity index is 475. The number of hydrogen-bond acceptors (Lipinski definition) is 4. The molecule has 5 nitrogen and oxygen atoms in total. The minimum Gasteiger partial charge on any atom is -0.481 e. The zero-order valence-corrected chi connectivity index (χ0v) is 9.56. The smallest absolute Gasteiger partial charge is 0.240 e. The van der Waals surface area contributed by atoms with Crippen LogP contribution in [0.2, 0.25) is 0 Å². The summed E-state index contributed by atoms with van der Waals surface area (Å²) in [6.07, 6.45) is 2.95. The molecule has 1 heterocycles. The number of hydrogen-bond donors (Lipinski definition) is 1. The van der Waals surface area contributed by atoms with E-state index < -0.39 is 5.41 Å². The van der Waals surface area contributed by atoms with Crippen molar-refractivity contribution in [3.05, 3.63) is 23.9 Å². The summed E-state index contributed by atoms with van der Waals surface area (Å²) in [6, 6.07) is 5.62. The lowest BCUT2D eigenvalue weighted by Gasteiger charge is -2.08. The van der Waals surface area contributed by atoms with Crippen LogP contribution in [0, 0.1) is 16.7 Å². The Morgan fingerprint density at radius 1 is 1.71 bits per heavy atom. The molecule has 0 saturated heterocycles. The van der Waals surface area contributed by atoms with Gasteiger partial charge in [0.1, 0.15) is 5.41 Å². The first kappa shape index (κ1) is 11.4. The molecule has 1 aromatic heterocycles. The summed E-state index contributed by atoms with van der Waals surface area (Å²) in [6.45, 7) is 0.390. The number of methoxy groups -OCH3 is 1. The maximum atomic E-state index is 11.7. The van der Waals surface area contributed by atoms with Crippen molar-refractivity contribution in [1.29, 1.82) is 5.26 Å². The molecule has 1 saturated carbocycles. The summed E-state index contributed by atoms with van der Waals surface area (Å²) in [5, 5.41) is 11.6. The number of nitrogens with one attached hydrogen (secondary N) is 1. The van der Waals surface area contributed by atoms with Crippen LogP contribution < -0.4 is 10.1 Å². The van der Waals surface area contributed by atoms with Crippen LogP contribution in [0.1, 0.15) is 18.4 Å². The van der Waals surface area contributed by atoms with E-state index in [4.69, 9.17) is 10.00 Å². The Balaban J connectivity index is 1.94. The van der Waals surface area contributed by atoms with Gasteiger partial charge >= 0.3 is 0 Å². The van der Waals surface area contributed by atoms with E-state index in [-0.39, 0.29) is 5.91 Å². The molecule has 5 heteroatoms. The lowest BCUT2D eigenvalue weighted by Crippen LogP contribution is -2.30. The molecule has 1 aliphatic carbocycles. The highest BCUT2D eigenvalue weighted by Crippen LogP contribution is 2.44. The number of nitrogens with zero attached hydrogens (tertiary/aromatic N) is 2. The molecule has 0 aliphatic heterocycles. The number of ether oxygens (including phenoxy) is 1. The zero-order valence-electron chi connectivity index (χ0n) is 9.56. The third-order valence-corrected chi connectivity index (χ3v) is 2.86. The molecule has 0 aromatic carbocycles. The van der Waals surface area contributed by atoms with Gasteiger partial charge in [0.2, 0.25) is 11.8 Å². The van der Waals surface area contributed by atoms with Gasteiger partial charge in [0.05, 0.1) is 13.2 Å². The summed E-state index contributed by atoms with van der Waals surface area (Å²) < 4.78 is 4.99.